The first-order chi connectivity index (χ1) is 12.8. The Kier molecular flexibility index (Phi) is 6.83. The van der Waals surface area contributed by atoms with Gasteiger partial charge in [-0.3, -0.25) is 19.7 Å². The average Bonchev–Trinajstić information content (AvgIpc) is 2.62. The van der Waals surface area contributed by atoms with Crippen molar-refractivity contribution >= 4 is 35.0 Å². The quantitative estimate of drug-likeness (QED) is 0.333. The van der Waals surface area contributed by atoms with Crippen LogP contribution in [0.1, 0.15) is 6.92 Å². The van der Waals surface area contributed by atoms with Crippen LogP contribution in [0.25, 0.3) is 0 Å². The maximum absolute atomic E-state index is 13.5. The van der Waals surface area contributed by atoms with E-state index in [1.807, 2.05) is 0 Å². The number of anilines is 1. The number of nitrogens with one attached hydrogen (secondary N) is 1. The van der Waals surface area contributed by atoms with Gasteiger partial charge in [0.2, 0.25) is 0 Å². The molecule has 0 aliphatic carbocycles. The van der Waals surface area contributed by atoms with E-state index in [0.29, 0.717) is 11.0 Å². The zero-order chi connectivity index (χ0) is 20.0. The van der Waals surface area contributed by atoms with E-state index < -0.39 is 34.5 Å². The second-order valence-corrected chi connectivity index (χ2v) is 6.33. The summed E-state index contributed by atoms with van der Waals surface area (Å²) in [5, 5.41) is 12.8. The topological polar surface area (TPSA) is 98.5 Å². The minimum Gasteiger partial charge on any atom is -0.452 e. The van der Waals surface area contributed by atoms with Crippen molar-refractivity contribution in [3.63, 3.8) is 0 Å². The number of hydrogen-bond acceptors (Lipinski definition) is 6. The van der Waals surface area contributed by atoms with E-state index in [-0.39, 0.29) is 17.1 Å². The molecule has 0 aliphatic rings. The number of carbonyl (C=O) groups is 2. The highest BCUT2D eigenvalue weighted by Gasteiger charge is 2.19. The minimum atomic E-state index is -1.19. The number of nitrogens with zero attached hydrogens (tertiary/aromatic N) is 1. The normalized spacial score (nSPS) is 11.5. The Morgan fingerprint density at radius 2 is 1.89 bits per heavy atom. The Morgan fingerprint density at radius 1 is 1.22 bits per heavy atom. The fourth-order valence-electron chi connectivity index (χ4n) is 1.92. The van der Waals surface area contributed by atoms with Crippen molar-refractivity contribution in [1.29, 1.82) is 0 Å². The summed E-state index contributed by atoms with van der Waals surface area (Å²) < 4.78 is 31.3. The van der Waals surface area contributed by atoms with Crippen molar-refractivity contribution < 1.29 is 28.0 Å². The number of nitro groups is 1. The Bertz CT molecular complexity index is 861. The Balaban J connectivity index is 1.83. The lowest BCUT2D eigenvalue weighted by molar-refractivity contribution is -0.384. The summed E-state index contributed by atoms with van der Waals surface area (Å²) in [5.41, 5.74) is -0.301. The standard InChI is InChI=1S/C17H14F2N2O5S/c1-10(17(23)20-15-7-2-11(18)8-14(15)19)26-16(22)9-27-13-5-3-12(4-6-13)21(24)25/h2-8,10H,9H2,1H3,(H,20,23)/t10-/m0/s1. The van der Waals surface area contributed by atoms with Crippen LogP contribution in [0.2, 0.25) is 0 Å². The van der Waals surface area contributed by atoms with Crippen LogP contribution in [0.3, 0.4) is 0 Å². The van der Waals surface area contributed by atoms with E-state index in [1.54, 1.807) is 0 Å². The summed E-state index contributed by atoms with van der Waals surface area (Å²) in [7, 11) is 0. The molecule has 1 amide bonds. The summed E-state index contributed by atoms with van der Waals surface area (Å²) in [6.45, 7) is 1.31. The van der Waals surface area contributed by atoms with Crippen molar-refractivity contribution in [3.05, 3.63) is 64.2 Å². The van der Waals surface area contributed by atoms with Crippen LogP contribution in [-0.4, -0.2) is 28.7 Å². The lowest BCUT2D eigenvalue weighted by atomic mass is 10.2. The molecule has 1 atom stereocenters. The number of ether oxygens (including phenoxy) is 1. The van der Waals surface area contributed by atoms with Crippen molar-refractivity contribution in [1.82, 2.24) is 0 Å². The molecule has 2 rings (SSSR count). The predicted octanol–water partition coefficient (Wildman–Crippen LogP) is 3.54. The lowest BCUT2D eigenvalue weighted by Crippen LogP contribution is -2.30. The molecule has 0 radical (unpaired) electrons. The third-order valence-electron chi connectivity index (χ3n) is 3.27. The summed E-state index contributed by atoms with van der Waals surface area (Å²) >= 11 is 1.08. The van der Waals surface area contributed by atoms with E-state index in [0.717, 1.165) is 23.9 Å². The molecule has 0 bridgehead atoms. The first kappa shape index (κ1) is 20.3. The lowest BCUT2D eigenvalue weighted by Gasteiger charge is -2.14. The predicted molar refractivity (Wildman–Crippen MR) is 94.4 cm³/mol. The van der Waals surface area contributed by atoms with E-state index in [1.165, 1.54) is 31.2 Å². The zero-order valence-corrected chi connectivity index (χ0v) is 14.8. The summed E-state index contributed by atoms with van der Waals surface area (Å²) in [4.78, 5) is 34.4. The van der Waals surface area contributed by atoms with Gasteiger partial charge in [-0.15, -0.1) is 11.8 Å². The number of amides is 1. The molecular weight excluding hydrogens is 382 g/mol. The van der Waals surface area contributed by atoms with Gasteiger partial charge in [-0.05, 0) is 31.2 Å². The highest BCUT2D eigenvalue weighted by Crippen LogP contribution is 2.21. The fraction of sp³-hybridized carbons (Fsp3) is 0.176. The molecule has 0 saturated heterocycles. The molecule has 0 saturated carbocycles. The summed E-state index contributed by atoms with van der Waals surface area (Å²) in [5.74, 6) is -3.32. The number of thioether (sulfide) groups is 1. The van der Waals surface area contributed by atoms with Crippen molar-refractivity contribution in [2.45, 2.75) is 17.9 Å². The molecule has 2 aromatic rings. The molecule has 27 heavy (non-hydrogen) atoms. The smallest absolute Gasteiger partial charge is 0.317 e. The van der Waals surface area contributed by atoms with Gasteiger partial charge in [-0.1, -0.05) is 0 Å². The van der Waals surface area contributed by atoms with Gasteiger partial charge in [0.15, 0.2) is 6.10 Å². The highest BCUT2D eigenvalue weighted by molar-refractivity contribution is 8.00. The van der Waals surface area contributed by atoms with Crippen LogP contribution in [0, 0.1) is 21.7 Å². The second kappa shape index (κ2) is 9.08. The van der Waals surface area contributed by atoms with Crippen LogP contribution in [0.4, 0.5) is 20.2 Å². The van der Waals surface area contributed by atoms with Gasteiger partial charge in [-0.2, -0.15) is 0 Å². The number of rotatable bonds is 7. The molecule has 7 nitrogen and oxygen atoms in total. The number of nitro benzene ring substituents is 1. The van der Waals surface area contributed by atoms with E-state index in [2.05, 4.69) is 5.32 Å². The van der Waals surface area contributed by atoms with E-state index >= 15 is 0 Å². The number of carbonyl (C=O) groups excluding carboxylic acids is 2. The number of esters is 1. The van der Waals surface area contributed by atoms with Gasteiger partial charge in [-0.25, -0.2) is 8.78 Å². The first-order valence-electron chi connectivity index (χ1n) is 7.59. The number of hydrogen-bond donors (Lipinski definition) is 1. The SMILES string of the molecule is C[C@H](OC(=O)CSc1ccc([N+](=O)[O-])cc1)C(=O)Nc1ccc(F)cc1F. The van der Waals surface area contributed by atoms with Gasteiger partial charge in [0.1, 0.15) is 11.6 Å². The number of halogens is 2. The van der Waals surface area contributed by atoms with Gasteiger partial charge in [0, 0.05) is 23.1 Å². The molecule has 0 aromatic heterocycles. The van der Waals surface area contributed by atoms with Gasteiger partial charge >= 0.3 is 5.97 Å². The van der Waals surface area contributed by atoms with Gasteiger partial charge < -0.3 is 10.1 Å². The maximum Gasteiger partial charge on any atom is 0.317 e. The fourth-order valence-corrected chi connectivity index (χ4v) is 2.60. The van der Waals surface area contributed by atoms with Gasteiger partial charge in [0.25, 0.3) is 11.6 Å². The average molecular weight is 396 g/mol. The van der Waals surface area contributed by atoms with Crippen molar-refractivity contribution in [2.24, 2.45) is 0 Å². The van der Waals surface area contributed by atoms with Crippen LogP contribution in [0.5, 0.6) is 0 Å². The molecule has 10 heteroatoms. The molecule has 1 N–H and O–H groups in total. The van der Waals surface area contributed by atoms with Crippen LogP contribution >= 0.6 is 11.8 Å². The van der Waals surface area contributed by atoms with Crippen LogP contribution < -0.4 is 5.32 Å². The van der Waals surface area contributed by atoms with Crippen LogP contribution in [-0.2, 0) is 14.3 Å². The molecule has 0 fully saturated rings. The minimum absolute atomic E-state index is 0.0692. The Morgan fingerprint density at radius 3 is 2.48 bits per heavy atom. The molecule has 142 valence electrons. The van der Waals surface area contributed by atoms with E-state index in [4.69, 9.17) is 4.74 Å². The molecule has 0 aliphatic heterocycles. The Hall–Kier alpha value is -3.01. The van der Waals surface area contributed by atoms with Crippen molar-refractivity contribution in [2.75, 3.05) is 11.1 Å². The molecular formula is C17H14F2N2O5S. The van der Waals surface area contributed by atoms with Crippen LogP contribution in [0.15, 0.2) is 47.4 Å². The summed E-state index contributed by atoms with van der Waals surface area (Å²) in [6.07, 6.45) is -1.19. The number of non-ortho nitro benzene ring substituents is 1. The van der Waals surface area contributed by atoms with Gasteiger partial charge in [0.05, 0.1) is 16.4 Å². The van der Waals surface area contributed by atoms with Crippen molar-refractivity contribution in [3.8, 4) is 0 Å². The molecule has 2 aromatic carbocycles. The monoisotopic (exact) mass is 396 g/mol. The van der Waals surface area contributed by atoms with E-state index in [9.17, 15) is 28.5 Å². The summed E-state index contributed by atoms with van der Waals surface area (Å²) in [6, 6.07) is 8.25. The molecule has 0 heterocycles. The second-order valence-electron chi connectivity index (χ2n) is 5.29. The Labute approximate surface area is 156 Å². The molecule has 0 spiro atoms. The first-order valence-corrected chi connectivity index (χ1v) is 8.57. The third kappa shape index (κ3) is 6.03. The largest absolute Gasteiger partial charge is 0.452 e. The maximum atomic E-state index is 13.5. The third-order valence-corrected chi connectivity index (χ3v) is 4.26. The zero-order valence-electron chi connectivity index (χ0n) is 14.0. The molecule has 0 unspecified atom stereocenters. The highest BCUT2D eigenvalue weighted by atomic mass is 32.2. The number of benzene rings is 2.